The lowest BCUT2D eigenvalue weighted by atomic mass is 10.1. The molecular formula is C31H38N2O4S. The number of ether oxygens (including phenoxy) is 2. The third-order valence-electron chi connectivity index (χ3n) is 5.79. The van der Waals surface area contributed by atoms with Crippen LogP contribution in [0.4, 0.5) is 16.2 Å². The molecule has 6 nitrogen and oxygen atoms in total. The van der Waals surface area contributed by atoms with Crippen LogP contribution < -0.4 is 15.0 Å². The second kappa shape index (κ2) is 15.7. The first-order chi connectivity index (χ1) is 18.5. The normalized spacial score (nSPS) is 10.6. The minimum absolute atomic E-state index is 0.163. The highest BCUT2D eigenvalue weighted by Crippen LogP contribution is 2.31. The number of hydrogen-bond acceptors (Lipinski definition) is 5. The topological polar surface area (TPSA) is 67.9 Å². The number of nitrogens with one attached hydrogen (secondary N) is 1. The van der Waals surface area contributed by atoms with Crippen LogP contribution in [0.5, 0.6) is 5.75 Å². The minimum Gasteiger partial charge on any atom is -0.494 e. The predicted octanol–water partition coefficient (Wildman–Crippen LogP) is 7.96. The molecule has 0 aliphatic heterocycles. The highest BCUT2D eigenvalue weighted by molar-refractivity contribution is 7.99. The maximum absolute atomic E-state index is 13.3. The summed E-state index contributed by atoms with van der Waals surface area (Å²) in [5.41, 5.74) is 2.50. The van der Waals surface area contributed by atoms with Gasteiger partial charge in [-0.2, -0.15) is 0 Å². The Balaban J connectivity index is 1.67. The Morgan fingerprint density at radius 1 is 0.868 bits per heavy atom. The molecule has 3 rings (SSSR count). The van der Waals surface area contributed by atoms with E-state index in [1.807, 2.05) is 72.8 Å². The number of carbonyl (C=O) groups excluding carboxylic acids is 2. The van der Waals surface area contributed by atoms with Crippen LogP contribution in [-0.2, 0) is 16.0 Å². The number of amides is 2. The molecule has 0 atom stereocenters. The molecule has 0 radical (unpaired) electrons. The van der Waals surface area contributed by atoms with E-state index in [1.54, 1.807) is 23.6 Å². The molecular weight excluding hydrogens is 496 g/mol. The Morgan fingerprint density at radius 2 is 1.61 bits per heavy atom. The lowest BCUT2D eigenvalue weighted by Gasteiger charge is -2.24. The number of esters is 1. The van der Waals surface area contributed by atoms with Crippen molar-refractivity contribution in [3.63, 3.8) is 0 Å². The van der Waals surface area contributed by atoms with Gasteiger partial charge in [0.05, 0.1) is 19.6 Å². The van der Waals surface area contributed by atoms with E-state index >= 15 is 0 Å². The average molecular weight is 535 g/mol. The molecule has 2 amide bonds. The number of urea groups is 1. The van der Waals surface area contributed by atoms with Crippen molar-refractivity contribution in [3.8, 4) is 5.75 Å². The molecule has 38 heavy (non-hydrogen) atoms. The molecule has 1 N–H and O–H groups in total. The maximum atomic E-state index is 13.3. The van der Waals surface area contributed by atoms with Crippen LogP contribution in [0.25, 0.3) is 0 Å². The van der Waals surface area contributed by atoms with Gasteiger partial charge in [0, 0.05) is 27.7 Å². The Labute approximate surface area is 230 Å². The molecule has 7 heteroatoms. The first-order valence-electron chi connectivity index (χ1n) is 13.4. The number of hydrogen-bond donors (Lipinski definition) is 1. The lowest BCUT2D eigenvalue weighted by molar-refractivity contribution is -0.142. The summed E-state index contributed by atoms with van der Waals surface area (Å²) < 4.78 is 10.8. The molecule has 0 fully saturated rings. The summed E-state index contributed by atoms with van der Waals surface area (Å²) in [6.07, 6.45) is 4.26. The number of rotatable bonds is 14. The van der Waals surface area contributed by atoms with Crippen LogP contribution in [-0.4, -0.2) is 31.8 Å². The predicted molar refractivity (Wildman–Crippen MR) is 155 cm³/mol. The molecule has 202 valence electrons. The van der Waals surface area contributed by atoms with E-state index in [0.29, 0.717) is 19.8 Å². The molecule has 0 bridgehead atoms. The zero-order valence-corrected chi connectivity index (χ0v) is 23.4. The van der Waals surface area contributed by atoms with Gasteiger partial charge in [-0.15, -0.1) is 0 Å². The second-order valence-corrected chi connectivity index (χ2v) is 10.0. The monoisotopic (exact) mass is 534 g/mol. The Hall–Kier alpha value is -3.45. The van der Waals surface area contributed by atoms with E-state index in [4.69, 9.17) is 9.47 Å². The van der Waals surface area contributed by atoms with Gasteiger partial charge in [-0.25, -0.2) is 4.79 Å². The van der Waals surface area contributed by atoms with Gasteiger partial charge in [0.2, 0.25) is 0 Å². The van der Waals surface area contributed by atoms with E-state index < -0.39 is 0 Å². The van der Waals surface area contributed by atoms with E-state index in [-0.39, 0.29) is 18.4 Å². The summed E-state index contributed by atoms with van der Waals surface area (Å²) >= 11 is 1.62. The highest BCUT2D eigenvalue weighted by Gasteiger charge is 2.16. The van der Waals surface area contributed by atoms with Crippen LogP contribution >= 0.6 is 11.8 Å². The SMILES string of the molecule is CCCCOc1ccc(NC(=O)N(CCCC)c2cccc(Sc3ccc(CC(=O)OCC)cc3)c2)cc1. The summed E-state index contributed by atoms with van der Waals surface area (Å²) in [5.74, 6) is 0.584. The third kappa shape index (κ3) is 9.45. The number of anilines is 2. The summed E-state index contributed by atoms with van der Waals surface area (Å²) in [6, 6.07) is 23.3. The van der Waals surface area contributed by atoms with Crippen LogP contribution in [0.1, 0.15) is 52.0 Å². The molecule has 0 heterocycles. The van der Waals surface area contributed by atoms with Gasteiger partial charge in [-0.05, 0) is 79.9 Å². The number of carbonyl (C=O) groups is 2. The molecule has 0 spiro atoms. The Bertz CT molecular complexity index is 1150. The lowest BCUT2D eigenvalue weighted by Crippen LogP contribution is -2.35. The maximum Gasteiger partial charge on any atom is 0.326 e. The van der Waals surface area contributed by atoms with Crippen molar-refractivity contribution in [1.29, 1.82) is 0 Å². The fourth-order valence-corrected chi connectivity index (χ4v) is 4.60. The second-order valence-electron chi connectivity index (χ2n) is 8.89. The van der Waals surface area contributed by atoms with E-state index in [1.165, 1.54) is 0 Å². The molecule has 0 aliphatic carbocycles. The molecule has 0 unspecified atom stereocenters. The van der Waals surface area contributed by atoms with Gasteiger partial charge >= 0.3 is 12.0 Å². The third-order valence-corrected chi connectivity index (χ3v) is 6.79. The van der Waals surface area contributed by atoms with Gasteiger partial charge in [0.1, 0.15) is 5.75 Å². The van der Waals surface area contributed by atoms with Gasteiger partial charge in [-0.3, -0.25) is 9.69 Å². The van der Waals surface area contributed by atoms with Crippen molar-refractivity contribution >= 4 is 35.1 Å². The summed E-state index contributed by atoms with van der Waals surface area (Å²) in [4.78, 5) is 28.9. The molecule has 0 aliphatic rings. The molecule has 0 saturated carbocycles. The summed E-state index contributed by atoms with van der Waals surface area (Å²) in [5, 5.41) is 3.03. The fourth-order valence-electron chi connectivity index (χ4n) is 3.73. The van der Waals surface area contributed by atoms with Crippen LogP contribution in [0, 0.1) is 0 Å². The van der Waals surface area contributed by atoms with E-state index in [9.17, 15) is 9.59 Å². The van der Waals surface area contributed by atoms with Crippen molar-refractivity contribution in [2.75, 3.05) is 30.0 Å². The quantitative estimate of drug-likeness (QED) is 0.168. The zero-order chi connectivity index (χ0) is 27.2. The van der Waals surface area contributed by atoms with E-state index in [2.05, 4.69) is 19.2 Å². The van der Waals surface area contributed by atoms with Crippen molar-refractivity contribution in [3.05, 3.63) is 78.4 Å². The summed E-state index contributed by atoms with van der Waals surface area (Å²) in [7, 11) is 0. The molecule has 3 aromatic carbocycles. The molecule has 0 saturated heterocycles. The van der Waals surface area contributed by atoms with Crippen molar-refractivity contribution in [2.24, 2.45) is 0 Å². The van der Waals surface area contributed by atoms with Crippen molar-refractivity contribution in [1.82, 2.24) is 0 Å². The van der Waals surface area contributed by atoms with Gasteiger partial charge < -0.3 is 14.8 Å². The number of nitrogens with zero attached hydrogens (tertiary/aromatic N) is 1. The number of benzene rings is 3. The van der Waals surface area contributed by atoms with Crippen LogP contribution in [0.3, 0.4) is 0 Å². The molecule has 3 aromatic rings. The summed E-state index contributed by atoms with van der Waals surface area (Å²) in [6.45, 7) is 7.76. The van der Waals surface area contributed by atoms with Crippen LogP contribution in [0.2, 0.25) is 0 Å². The minimum atomic E-state index is -0.220. The largest absolute Gasteiger partial charge is 0.494 e. The fraction of sp³-hybridized carbons (Fsp3) is 0.355. The standard InChI is InChI=1S/C31H38N2O4S/c1-4-7-20-33(31(35)32-25-14-16-27(17-15-25)37-21-8-5-2)26-10-9-11-29(23-26)38-28-18-12-24(13-19-28)22-30(34)36-6-3/h9-19,23H,4-8,20-22H2,1-3H3,(H,32,35). The smallest absolute Gasteiger partial charge is 0.326 e. The van der Waals surface area contributed by atoms with E-state index in [0.717, 1.165) is 58.2 Å². The Kier molecular flexibility index (Phi) is 12.0. The van der Waals surface area contributed by atoms with Crippen molar-refractivity contribution in [2.45, 2.75) is 62.7 Å². The van der Waals surface area contributed by atoms with Gasteiger partial charge in [0.15, 0.2) is 0 Å². The number of unbranched alkanes of at least 4 members (excludes halogenated alkanes) is 2. The Morgan fingerprint density at radius 3 is 2.29 bits per heavy atom. The first-order valence-corrected chi connectivity index (χ1v) is 14.2. The van der Waals surface area contributed by atoms with Crippen LogP contribution in [0.15, 0.2) is 82.6 Å². The highest BCUT2D eigenvalue weighted by atomic mass is 32.2. The van der Waals surface area contributed by atoms with Gasteiger partial charge in [-0.1, -0.05) is 56.7 Å². The van der Waals surface area contributed by atoms with Gasteiger partial charge in [0.25, 0.3) is 0 Å². The molecule has 0 aromatic heterocycles. The first kappa shape index (κ1) is 29.1. The van der Waals surface area contributed by atoms with Crippen molar-refractivity contribution < 1.29 is 19.1 Å². The average Bonchev–Trinajstić information content (AvgIpc) is 2.91. The zero-order valence-electron chi connectivity index (χ0n) is 22.6.